The molecular weight excluding hydrogens is 328 g/mol. The second-order valence-electron chi connectivity index (χ2n) is 6.04. The van der Waals surface area contributed by atoms with Crippen molar-refractivity contribution in [3.05, 3.63) is 35.1 Å². The van der Waals surface area contributed by atoms with E-state index in [1.807, 2.05) is 0 Å². The van der Waals surface area contributed by atoms with Crippen LogP contribution in [0, 0.1) is 5.82 Å². The molecule has 0 aliphatic carbocycles. The zero-order chi connectivity index (χ0) is 17.3. The van der Waals surface area contributed by atoms with Crippen molar-refractivity contribution < 1.29 is 27.1 Å². The number of halogens is 4. The highest BCUT2D eigenvalue weighted by Crippen LogP contribution is 2.32. The van der Waals surface area contributed by atoms with Gasteiger partial charge in [0.1, 0.15) is 5.82 Å². The smallest absolute Gasteiger partial charge is 0.380 e. The van der Waals surface area contributed by atoms with E-state index >= 15 is 0 Å². The van der Waals surface area contributed by atoms with E-state index in [9.17, 15) is 22.4 Å². The van der Waals surface area contributed by atoms with Crippen LogP contribution in [0.2, 0.25) is 0 Å². The maximum atomic E-state index is 13.3. The third kappa shape index (κ3) is 3.54. The number of hydrogen-bond donors (Lipinski definition) is 0. The minimum absolute atomic E-state index is 0.138. The molecule has 0 saturated carbocycles. The summed E-state index contributed by atoms with van der Waals surface area (Å²) in [5, 5.41) is 0. The normalized spacial score (nSPS) is 22.8. The predicted octanol–water partition coefficient (Wildman–Crippen LogP) is 2.39. The van der Waals surface area contributed by atoms with E-state index in [0.29, 0.717) is 51.0 Å². The third-order valence-electron chi connectivity index (χ3n) is 4.54. The zero-order valence-electron chi connectivity index (χ0n) is 13.0. The number of carbonyl (C=O) groups is 1. The number of piperazine rings is 1. The summed E-state index contributed by atoms with van der Waals surface area (Å²) in [7, 11) is 0. The van der Waals surface area contributed by atoms with Crippen LogP contribution in [0.25, 0.3) is 0 Å². The fraction of sp³-hybridized carbons (Fsp3) is 0.562. The molecule has 1 atom stereocenters. The number of amides is 1. The van der Waals surface area contributed by atoms with E-state index in [0.717, 1.165) is 19.1 Å². The Labute approximate surface area is 137 Å². The lowest BCUT2D eigenvalue weighted by molar-refractivity contribution is -0.140. The number of ether oxygens (including phenoxy) is 1. The highest BCUT2D eigenvalue weighted by atomic mass is 19.4. The van der Waals surface area contributed by atoms with Crippen LogP contribution in [0.3, 0.4) is 0 Å². The van der Waals surface area contributed by atoms with Crippen molar-refractivity contribution in [2.45, 2.75) is 18.6 Å². The van der Waals surface area contributed by atoms with E-state index in [1.54, 1.807) is 0 Å². The molecule has 2 aliphatic heterocycles. The molecule has 2 fully saturated rings. The number of hydrogen-bond acceptors (Lipinski definition) is 3. The van der Waals surface area contributed by atoms with Gasteiger partial charge in [-0.15, -0.1) is 0 Å². The molecule has 1 unspecified atom stereocenters. The van der Waals surface area contributed by atoms with E-state index in [4.69, 9.17) is 4.74 Å². The lowest BCUT2D eigenvalue weighted by Crippen LogP contribution is -2.52. The molecule has 2 aliphatic rings. The first-order chi connectivity index (χ1) is 11.4. The van der Waals surface area contributed by atoms with Crippen molar-refractivity contribution in [2.24, 2.45) is 0 Å². The SMILES string of the molecule is O=C(c1ccc(F)c(C(F)(F)F)c1)N1CCN(C2CCOC2)CC1. The van der Waals surface area contributed by atoms with Crippen molar-refractivity contribution >= 4 is 5.91 Å². The summed E-state index contributed by atoms with van der Waals surface area (Å²) in [5.74, 6) is -1.87. The van der Waals surface area contributed by atoms with Gasteiger partial charge in [-0.3, -0.25) is 9.69 Å². The van der Waals surface area contributed by atoms with Gasteiger partial charge in [-0.1, -0.05) is 0 Å². The highest BCUT2D eigenvalue weighted by Gasteiger charge is 2.35. The monoisotopic (exact) mass is 346 g/mol. The Morgan fingerprint density at radius 3 is 2.46 bits per heavy atom. The summed E-state index contributed by atoms with van der Waals surface area (Å²) in [5.41, 5.74) is -1.54. The van der Waals surface area contributed by atoms with Gasteiger partial charge in [-0.25, -0.2) is 4.39 Å². The van der Waals surface area contributed by atoms with Gasteiger partial charge in [-0.05, 0) is 24.6 Å². The number of rotatable bonds is 2. The van der Waals surface area contributed by atoms with Crippen LogP contribution >= 0.6 is 0 Å². The van der Waals surface area contributed by atoms with Gasteiger partial charge in [0, 0.05) is 44.4 Å². The molecule has 24 heavy (non-hydrogen) atoms. The Balaban J connectivity index is 1.67. The highest BCUT2D eigenvalue weighted by molar-refractivity contribution is 5.94. The van der Waals surface area contributed by atoms with Gasteiger partial charge < -0.3 is 9.64 Å². The van der Waals surface area contributed by atoms with Gasteiger partial charge in [0.15, 0.2) is 0 Å². The largest absolute Gasteiger partial charge is 0.419 e. The molecule has 1 amide bonds. The Morgan fingerprint density at radius 1 is 1.17 bits per heavy atom. The molecule has 3 rings (SSSR count). The van der Waals surface area contributed by atoms with Crippen molar-refractivity contribution in [1.29, 1.82) is 0 Å². The standard InChI is InChI=1S/C16H18F4N2O2/c17-14-2-1-11(9-13(14)16(18,19)20)15(23)22-6-4-21(5-7-22)12-3-8-24-10-12/h1-2,9,12H,3-8,10H2. The minimum Gasteiger partial charge on any atom is -0.380 e. The Bertz CT molecular complexity index is 607. The van der Waals surface area contributed by atoms with Gasteiger partial charge >= 0.3 is 6.18 Å². The number of nitrogens with zero attached hydrogens (tertiary/aromatic N) is 2. The predicted molar refractivity (Wildman–Crippen MR) is 78.1 cm³/mol. The lowest BCUT2D eigenvalue weighted by atomic mass is 10.1. The van der Waals surface area contributed by atoms with Crippen molar-refractivity contribution in [1.82, 2.24) is 9.80 Å². The van der Waals surface area contributed by atoms with E-state index in [-0.39, 0.29) is 5.56 Å². The first-order valence-corrected chi connectivity index (χ1v) is 7.84. The first kappa shape index (κ1) is 17.2. The van der Waals surface area contributed by atoms with Crippen molar-refractivity contribution in [3.8, 4) is 0 Å². The Morgan fingerprint density at radius 2 is 1.88 bits per heavy atom. The van der Waals surface area contributed by atoms with Crippen molar-refractivity contribution in [2.75, 3.05) is 39.4 Å². The summed E-state index contributed by atoms with van der Waals surface area (Å²) in [4.78, 5) is 16.2. The molecule has 132 valence electrons. The van der Waals surface area contributed by atoms with Crippen LogP contribution in [0.1, 0.15) is 22.3 Å². The Kier molecular flexibility index (Phi) is 4.78. The average Bonchev–Trinajstić information content (AvgIpc) is 3.08. The molecule has 4 nitrogen and oxygen atoms in total. The summed E-state index contributed by atoms with van der Waals surface area (Å²) in [6.45, 7) is 3.61. The summed E-state index contributed by atoms with van der Waals surface area (Å²) >= 11 is 0. The molecule has 1 aromatic rings. The minimum atomic E-state index is -4.82. The van der Waals surface area contributed by atoms with Crippen LogP contribution in [-0.4, -0.2) is 61.1 Å². The summed E-state index contributed by atoms with van der Waals surface area (Å²) in [6, 6.07) is 2.74. The molecule has 2 saturated heterocycles. The molecule has 0 spiro atoms. The van der Waals surface area contributed by atoms with Crippen LogP contribution < -0.4 is 0 Å². The van der Waals surface area contributed by atoms with Gasteiger partial charge in [-0.2, -0.15) is 13.2 Å². The van der Waals surface area contributed by atoms with Crippen molar-refractivity contribution in [3.63, 3.8) is 0 Å². The topological polar surface area (TPSA) is 32.8 Å². The fourth-order valence-electron chi connectivity index (χ4n) is 3.16. The second kappa shape index (κ2) is 6.68. The number of alkyl halides is 3. The molecular formula is C16H18F4N2O2. The van der Waals surface area contributed by atoms with Crippen LogP contribution in [-0.2, 0) is 10.9 Å². The molecule has 0 bridgehead atoms. The van der Waals surface area contributed by atoms with Gasteiger partial charge in [0.05, 0.1) is 12.2 Å². The van der Waals surface area contributed by atoms with Crippen LogP contribution in [0.5, 0.6) is 0 Å². The summed E-state index contributed by atoms with van der Waals surface area (Å²) in [6.07, 6.45) is -3.86. The Hall–Kier alpha value is -1.67. The number of carbonyl (C=O) groups excluding carboxylic acids is 1. The average molecular weight is 346 g/mol. The molecule has 1 aromatic carbocycles. The second-order valence-corrected chi connectivity index (χ2v) is 6.04. The van der Waals surface area contributed by atoms with Crippen LogP contribution in [0.15, 0.2) is 18.2 Å². The fourth-order valence-corrected chi connectivity index (χ4v) is 3.16. The van der Waals surface area contributed by atoms with E-state index in [2.05, 4.69) is 4.90 Å². The van der Waals surface area contributed by atoms with Gasteiger partial charge in [0.2, 0.25) is 0 Å². The number of benzene rings is 1. The molecule has 0 aromatic heterocycles. The quantitative estimate of drug-likeness (QED) is 0.771. The van der Waals surface area contributed by atoms with E-state index in [1.165, 1.54) is 4.90 Å². The molecule has 0 N–H and O–H groups in total. The summed E-state index contributed by atoms with van der Waals surface area (Å²) < 4.78 is 57.0. The molecule has 8 heteroatoms. The molecule has 0 radical (unpaired) electrons. The maximum absolute atomic E-state index is 13.3. The van der Waals surface area contributed by atoms with Gasteiger partial charge in [0.25, 0.3) is 5.91 Å². The van der Waals surface area contributed by atoms with Crippen LogP contribution in [0.4, 0.5) is 17.6 Å². The first-order valence-electron chi connectivity index (χ1n) is 7.84. The maximum Gasteiger partial charge on any atom is 0.419 e. The van der Waals surface area contributed by atoms with E-state index < -0.39 is 23.5 Å². The lowest BCUT2D eigenvalue weighted by Gasteiger charge is -2.37. The third-order valence-corrected chi connectivity index (χ3v) is 4.54. The zero-order valence-corrected chi connectivity index (χ0v) is 13.0. The molecule has 2 heterocycles.